The SMILES string of the molecule is CN(CCc1ccncc1)Cc1cc(=O)c(O)cn1CCO. The van der Waals surface area contributed by atoms with E-state index in [1.165, 1.54) is 17.8 Å². The zero-order chi connectivity index (χ0) is 15.9. The molecule has 0 saturated heterocycles. The number of hydrogen-bond acceptors (Lipinski definition) is 5. The van der Waals surface area contributed by atoms with Crippen molar-refractivity contribution < 1.29 is 10.2 Å². The van der Waals surface area contributed by atoms with Crippen LogP contribution < -0.4 is 5.43 Å². The number of aromatic hydroxyl groups is 1. The fraction of sp³-hybridized carbons (Fsp3) is 0.375. The molecule has 0 unspecified atom stereocenters. The van der Waals surface area contributed by atoms with Crippen molar-refractivity contribution in [3.05, 3.63) is 58.3 Å². The monoisotopic (exact) mass is 303 g/mol. The Morgan fingerprint density at radius 2 is 2.05 bits per heavy atom. The molecule has 2 aromatic rings. The molecule has 2 N–H and O–H groups in total. The predicted octanol–water partition coefficient (Wildman–Crippen LogP) is 0.616. The van der Waals surface area contributed by atoms with Crippen LogP contribution in [0.5, 0.6) is 5.75 Å². The molecule has 118 valence electrons. The van der Waals surface area contributed by atoms with E-state index in [0.29, 0.717) is 13.1 Å². The largest absolute Gasteiger partial charge is 0.503 e. The molecule has 6 heteroatoms. The molecule has 6 nitrogen and oxygen atoms in total. The van der Waals surface area contributed by atoms with Crippen molar-refractivity contribution in [2.75, 3.05) is 20.2 Å². The lowest BCUT2D eigenvalue weighted by Crippen LogP contribution is -2.25. The third kappa shape index (κ3) is 4.41. The van der Waals surface area contributed by atoms with Crippen LogP contribution in [0.3, 0.4) is 0 Å². The summed E-state index contributed by atoms with van der Waals surface area (Å²) in [7, 11) is 1.97. The molecule has 0 bridgehead atoms. The number of rotatable bonds is 7. The number of aliphatic hydroxyl groups is 1. The van der Waals surface area contributed by atoms with Gasteiger partial charge in [0.05, 0.1) is 12.8 Å². The average Bonchev–Trinajstić information content (AvgIpc) is 2.51. The zero-order valence-electron chi connectivity index (χ0n) is 12.6. The topological polar surface area (TPSA) is 78.6 Å². The molecule has 0 aliphatic carbocycles. The molecule has 0 amide bonds. The quantitative estimate of drug-likeness (QED) is 0.784. The molecule has 0 aliphatic heterocycles. The fourth-order valence-electron chi connectivity index (χ4n) is 2.28. The summed E-state index contributed by atoms with van der Waals surface area (Å²) in [5.74, 6) is -0.295. The molecule has 0 fully saturated rings. The highest BCUT2D eigenvalue weighted by atomic mass is 16.3. The van der Waals surface area contributed by atoms with Crippen molar-refractivity contribution in [1.29, 1.82) is 0 Å². The van der Waals surface area contributed by atoms with Gasteiger partial charge in [-0.25, -0.2) is 0 Å². The smallest absolute Gasteiger partial charge is 0.223 e. The van der Waals surface area contributed by atoms with Gasteiger partial charge in [-0.2, -0.15) is 0 Å². The first-order valence-corrected chi connectivity index (χ1v) is 7.21. The van der Waals surface area contributed by atoms with Gasteiger partial charge in [0.1, 0.15) is 0 Å². The van der Waals surface area contributed by atoms with E-state index in [-0.39, 0.29) is 12.4 Å². The Balaban J connectivity index is 2.02. The van der Waals surface area contributed by atoms with Crippen molar-refractivity contribution in [1.82, 2.24) is 14.5 Å². The minimum atomic E-state index is -0.397. The van der Waals surface area contributed by atoms with Crippen LogP contribution in [0.2, 0.25) is 0 Å². The molecule has 22 heavy (non-hydrogen) atoms. The zero-order valence-corrected chi connectivity index (χ0v) is 12.6. The van der Waals surface area contributed by atoms with Gasteiger partial charge in [0.2, 0.25) is 5.43 Å². The van der Waals surface area contributed by atoms with E-state index in [1.807, 2.05) is 19.2 Å². The highest BCUT2D eigenvalue weighted by Gasteiger charge is 2.08. The second-order valence-electron chi connectivity index (χ2n) is 5.27. The first-order chi connectivity index (χ1) is 10.6. The molecule has 0 spiro atoms. The van der Waals surface area contributed by atoms with Crippen LogP contribution in [0.1, 0.15) is 11.3 Å². The van der Waals surface area contributed by atoms with E-state index in [0.717, 1.165) is 18.7 Å². The summed E-state index contributed by atoms with van der Waals surface area (Å²) in [6.07, 6.45) is 5.81. The maximum atomic E-state index is 11.6. The summed E-state index contributed by atoms with van der Waals surface area (Å²) in [4.78, 5) is 17.7. The Morgan fingerprint density at radius 3 is 2.73 bits per heavy atom. The van der Waals surface area contributed by atoms with E-state index < -0.39 is 5.43 Å². The lowest BCUT2D eigenvalue weighted by Gasteiger charge is -2.20. The van der Waals surface area contributed by atoms with Crippen LogP contribution in [0.15, 0.2) is 41.6 Å². The molecule has 0 saturated carbocycles. The van der Waals surface area contributed by atoms with E-state index in [2.05, 4.69) is 9.88 Å². The van der Waals surface area contributed by atoms with Crippen molar-refractivity contribution in [2.45, 2.75) is 19.5 Å². The van der Waals surface area contributed by atoms with Gasteiger partial charge in [0.15, 0.2) is 5.75 Å². The third-order valence-electron chi connectivity index (χ3n) is 3.50. The fourth-order valence-corrected chi connectivity index (χ4v) is 2.28. The second-order valence-corrected chi connectivity index (χ2v) is 5.27. The van der Waals surface area contributed by atoms with Gasteiger partial charge >= 0.3 is 0 Å². The molecule has 0 atom stereocenters. The summed E-state index contributed by atoms with van der Waals surface area (Å²) < 4.78 is 1.71. The van der Waals surface area contributed by atoms with Crippen LogP contribution in [-0.2, 0) is 19.5 Å². The lowest BCUT2D eigenvalue weighted by atomic mass is 10.2. The molecule has 2 rings (SSSR count). The van der Waals surface area contributed by atoms with E-state index in [4.69, 9.17) is 5.11 Å². The van der Waals surface area contributed by atoms with Crippen molar-refractivity contribution in [3.8, 4) is 5.75 Å². The molecular weight excluding hydrogens is 282 g/mol. The molecule has 0 aromatic carbocycles. The highest BCUT2D eigenvalue weighted by Crippen LogP contribution is 2.08. The Hall–Kier alpha value is -2.18. The van der Waals surface area contributed by atoms with Gasteiger partial charge in [-0.05, 0) is 31.2 Å². The summed E-state index contributed by atoms with van der Waals surface area (Å²) >= 11 is 0. The lowest BCUT2D eigenvalue weighted by molar-refractivity contribution is 0.265. The van der Waals surface area contributed by atoms with Gasteiger partial charge in [0, 0.05) is 43.8 Å². The normalized spacial score (nSPS) is 11.0. The second kappa shape index (κ2) is 7.72. The third-order valence-corrected chi connectivity index (χ3v) is 3.50. The standard InChI is InChI=1S/C16H21N3O3/c1-18(7-4-13-2-5-17-6-3-13)11-14-10-15(21)16(22)12-19(14)8-9-20/h2-3,5-6,10,12,20,22H,4,7-9,11H2,1H3. The van der Waals surface area contributed by atoms with Crippen LogP contribution >= 0.6 is 0 Å². The molecule has 0 radical (unpaired) electrons. The minimum absolute atomic E-state index is 0.0456. The summed E-state index contributed by atoms with van der Waals surface area (Å²) in [5, 5.41) is 18.6. The van der Waals surface area contributed by atoms with Gasteiger partial charge in [-0.15, -0.1) is 0 Å². The Labute approximate surface area is 129 Å². The number of likely N-dealkylation sites (N-methyl/N-ethyl adjacent to an activating group) is 1. The van der Waals surface area contributed by atoms with Crippen molar-refractivity contribution in [3.63, 3.8) is 0 Å². The Bertz CT molecular complexity index is 655. The first-order valence-electron chi connectivity index (χ1n) is 7.21. The predicted molar refractivity (Wildman–Crippen MR) is 83.7 cm³/mol. The van der Waals surface area contributed by atoms with Crippen molar-refractivity contribution in [2.24, 2.45) is 0 Å². The van der Waals surface area contributed by atoms with Gasteiger partial charge in [-0.3, -0.25) is 9.78 Å². The van der Waals surface area contributed by atoms with E-state index in [1.54, 1.807) is 17.0 Å². The molecule has 2 aromatic heterocycles. The van der Waals surface area contributed by atoms with E-state index in [9.17, 15) is 9.90 Å². The number of hydrogen-bond donors (Lipinski definition) is 2. The van der Waals surface area contributed by atoms with Gasteiger partial charge < -0.3 is 19.7 Å². The van der Waals surface area contributed by atoms with Crippen molar-refractivity contribution >= 4 is 0 Å². The number of nitrogens with zero attached hydrogens (tertiary/aromatic N) is 3. The number of pyridine rings is 2. The van der Waals surface area contributed by atoms with Crippen LogP contribution in [0, 0.1) is 0 Å². The summed E-state index contributed by atoms with van der Waals surface area (Å²) in [6.45, 7) is 1.70. The van der Waals surface area contributed by atoms with E-state index >= 15 is 0 Å². The maximum Gasteiger partial charge on any atom is 0.223 e. The van der Waals surface area contributed by atoms with Crippen LogP contribution in [-0.4, -0.2) is 44.9 Å². The minimum Gasteiger partial charge on any atom is -0.503 e. The first kappa shape index (κ1) is 16.2. The average molecular weight is 303 g/mol. The van der Waals surface area contributed by atoms with Crippen LogP contribution in [0.25, 0.3) is 0 Å². The highest BCUT2D eigenvalue weighted by molar-refractivity contribution is 5.20. The number of aromatic nitrogens is 2. The molecular formula is C16H21N3O3. The number of aliphatic hydroxyl groups excluding tert-OH is 1. The maximum absolute atomic E-state index is 11.6. The Kier molecular flexibility index (Phi) is 5.68. The molecule has 2 heterocycles. The van der Waals surface area contributed by atoms with Crippen LogP contribution in [0.4, 0.5) is 0 Å². The summed E-state index contributed by atoms with van der Waals surface area (Å²) in [5.41, 5.74) is 1.58. The van der Waals surface area contributed by atoms with Gasteiger partial charge in [-0.1, -0.05) is 0 Å². The Morgan fingerprint density at radius 1 is 1.32 bits per heavy atom. The molecule has 0 aliphatic rings. The van der Waals surface area contributed by atoms with Gasteiger partial charge in [0.25, 0.3) is 0 Å². The summed E-state index contributed by atoms with van der Waals surface area (Å²) in [6, 6.07) is 5.39.